The Morgan fingerprint density at radius 3 is 2.55 bits per heavy atom. The van der Waals surface area contributed by atoms with Crippen LogP contribution in [0.25, 0.3) is 22.1 Å². The van der Waals surface area contributed by atoms with Crippen LogP contribution in [0.5, 0.6) is 0 Å². The van der Waals surface area contributed by atoms with Crippen LogP contribution >= 0.6 is 0 Å². The average molecular weight is 432 g/mol. The molecule has 0 spiro atoms. The molecule has 0 aliphatic heterocycles. The highest BCUT2D eigenvalue weighted by Crippen LogP contribution is 2.41. The lowest BCUT2D eigenvalue weighted by Gasteiger charge is -2.27. The van der Waals surface area contributed by atoms with Crippen molar-refractivity contribution < 1.29 is 12.9 Å². The summed E-state index contributed by atoms with van der Waals surface area (Å²) in [5.41, 5.74) is 8.95. The van der Waals surface area contributed by atoms with E-state index in [2.05, 4.69) is 35.5 Å². The molecule has 0 amide bonds. The van der Waals surface area contributed by atoms with Crippen molar-refractivity contribution in [2.45, 2.75) is 39.5 Å². The quantitative estimate of drug-likeness (QED) is 0.549. The molecule has 1 aromatic heterocycles. The van der Waals surface area contributed by atoms with Gasteiger partial charge in [-0.05, 0) is 72.9 Å². The van der Waals surface area contributed by atoms with Gasteiger partial charge < -0.3 is 4.52 Å². The van der Waals surface area contributed by atoms with E-state index >= 15 is 0 Å². The van der Waals surface area contributed by atoms with Gasteiger partial charge in [0.05, 0.1) is 16.4 Å². The van der Waals surface area contributed by atoms with E-state index < -0.39 is 9.84 Å². The van der Waals surface area contributed by atoms with Gasteiger partial charge in [-0.15, -0.1) is 0 Å². The van der Waals surface area contributed by atoms with Crippen LogP contribution in [0.3, 0.4) is 0 Å². The number of fused-ring (bicyclic) bond motifs is 5. The summed E-state index contributed by atoms with van der Waals surface area (Å²) in [5, 5.41) is 3.92. The molecule has 158 valence electrons. The predicted octanol–water partition coefficient (Wildman–Crippen LogP) is 5.47. The highest BCUT2D eigenvalue weighted by atomic mass is 32.2. The molecular formula is C26H25NO3S. The number of benzene rings is 2. The Labute approximate surface area is 183 Å². The molecule has 2 aliphatic carbocycles. The summed E-state index contributed by atoms with van der Waals surface area (Å²) in [6, 6.07) is 12.7. The first-order valence-electron chi connectivity index (χ1n) is 10.7. The second-order valence-electron chi connectivity index (χ2n) is 8.30. The van der Waals surface area contributed by atoms with Crippen LogP contribution in [0.1, 0.15) is 45.7 Å². The minimum absolute atomic E-state index is 0.0394. The van der Waals surface area contributed by atoms with E-state index in [0.29, 0.717) is 10.7 Å². The third-order valence-electron chi connectivity index (χ3n) is 6.40. The normalized spacial score (nSPS) is 15.4. The van der Waals surface area contributed by atoms with E-state index in [-0.39, 0.29) is 5.75 Å². The van der Waals surface area contributed by atoms with Gasteiger partial charge in [0.25, 0.3) is 0 Å². The van der Waals surface area contributed by atoms with Crippen LogP contribution in [0.2, 0.25) is 0 Å². The van der Waals surface area contributed by atoms with Gasteiger partial charge in [-0.25, -0.2) is 8.42 Å². The maximum absolute atomic E-state index is 13.3. The summed E-state index contributed by atoms with van der Waals surface area (Å²) in [7, 11) is -3.44. The molecule has 0 unspecified atom stereocenters. The monoisotopic (exact) mass is 431 g/mol. The third-order valence-corrected chi connectivity index (χ3v) is 8.08. The fourth-order valence-corrected chi connectivity index (χ4v) is 6.30. The number of rotatable bonds is 4. The maximum Gasteiger partial charge on any atom is 0.182 e. The number of sulfone groups is 1. The summed E-state index contributed by atoms with van der Waals surface area (Å²) >= 11 is 0. The molecule has 0 radical (unpaired) electrons. The SMILES string of the molecule is Cc1noc(C)c1C=CCS(=O)(=O)C1=CCCc2c1ccc1c2CCc2ccccc2-1. The van der Waals surface area contributed by atoms with Gasteiger partial charge in [-0.2, -0.15) is 0 Å². The first-order valence-corrected chi connectivity index (χ1v) is 12.4. The van der Waals surface area contributed by atoms with Crippen molar-refractivity contribution in [3.63, 3.8) is 0 Å². The molecule has 0 saturated heterocycles. The average Bonchev–Trinajstić information content (AvgIpc) is 3.10. The summed E-state index contributed by atoms with van der Waals surface area (Å²) in [6.07, 6.45) is 9.02. The van der Waals surface area contributed by atoms with Gasteiger partial charge in [0, 0.05) is 5.56 Å². The summed E-state index contributed by atoms with van der Waals surface area (Å²) < 4.78 is 31.7. The van der Waals surface area contributed by atoms with Gasteiger partial charge in [0.2, 0.25) is 0 Å². The smallest absolute Gasteiger partial charge is 0.182 e. The zero-order valence-electron chi connectivity index (χ0n) is 17.8. The van der Waals surface area contributed by atoms with Gasteiger partial charge in [-0.1, -0.05) is 59.8 Å². The molecule has 0 saturated carbocycles. The predicted molar refractivity (Wildman–Crippen MR) is 124 cm³/mol. The van der Waals surface area contributed by atoms with Gasteiger partial charge in [-0.3, -0.25) is 0 Å². The fourth-order valence-electron chi connectivity index (χ4n) is 4.87. The molecule has 31 heavy (non-hydrogen) atoms. The molecule has 2 aliphatic rings. The van der Waals surface area contributed by atoms with E-state index in [0.717, 1.165) is 42.5 Å². The van der Waals surface area contributed by atoms with E-state index in [9.17, 15) is 8.42 Å². The molecule has 0 bridgehead atoms. The van der Waals surface area contributed by atoms with E-state index in [1.165, 1.54) is 27.8 Å². The van der Waals surface area contributed by atoms with Crippen LogP contribution in [-0.2, 0) is 29.1 Å². The Kier molecular flexibility index (Phi) is 4.94. The Morgan fingerprint density at radius 1 is 0.968 bits per heavy atom. The van der Waals surface area contributed by atoms with Crippen LogP contribution in [-0.4, -0.2) is 19.3 Å². The summed E-state index contributed by atoms with van der Waals surface area (Å²) in [6.45, 7) is 3.68. The van der Waals surface area contributed by atoms with Gasteiger partial charge >= 0.3 is 0 Å². The Balaban J connectivity index is 1.48. The summed E-state index contributed by atoms with van der Waals surface area (Å²) in [4.78, 5) is 0.471. The van der Waals surface area contributed by atoms with Crippen molar-refractivity contribution in [1.82, 2.24) is 5.16 Å². The zero-order valence-corrected chi connectivity index (χ0v) is 18.6. The second-order valence-corrected chi connectivity index (χ2v) is 10.3. The highest BCUT2D eigenvalue weighted by molar-refractivity contribution is 8.00. The van der Waals surface area contributed by atoms with Crippen LogP contribution < -0.4 is 0 Å². The van der Waals surface area contributed by atoms with Crippen LogP contribution in [0.15, 0.2) is 53.1 Å². The topological polar surface area (TPSA) is 60.2 Å². The number of hydrogen-bond acceptors (Lipinski definition) is 4. The highest BCUT2D eigenvalue weighted by Gasteiger charge is 2.28. The molecule has 5 rings (SSSR count). The van der Waals surface area contributed by atoms with Crippen molar-refractivity contribution in [2.24, 2.45) is 0 Å². The van der Waals surface area contributed by atoms with Crippen molar-refractivity contribution in [3.8, 4) is 11.1 Å². The molecule has 5 heteroatoms. The molecule has 2 aromatic carbocycles. The largest absolute Gasteiger partial charge is 0.361 e. The van der Waals surface area contributed by atoms with Gasteiger partial charge in [0.1, 0.15) is 5.76 Å². The third kappa shape index (κ3) is 3.47. The van der Waals surface area contributed by atoms with E-state index in [1.54, 1.807) is 12.2 Å². The lowest BCUT2D eigenvalue weighted by atomic mass is 9.79. The fraction of sp³-hybridized carbons (Fsp3) is 0.269. The molecule has 0 N–H and O–H groups in total. The van der Waals surface area contributed by atoms with Crippen molar-refractivity contribution in [2.75, 3.05) is 5.75 Å². The lowest BCUT2D eigenvalue weighted by molar-refractivity contribution is 0.393. The first kappa shape index (κ1) is 20.0. The molecular weight excluding hydrogens is 406 g/mol. The molecule has 4 nitrogen and oxygen atoms in total. The first-order chi connectivity index (χ1) is 15.0. The zero-order chi connectivity index (χ0) is 21.6. The molecule has 3 aromatic rings. The molecule has 1 heterocycles. The second kappa shape index (κ2) is 7.65. The van der Waals surface area contributed by atoms with Crippen molar-refractivity contribution in [3.05, 3.63) is 87.8 Å². The Bertz CT molecular complexity index is 1320. The van der Waals surface area contributed by atoms with E-state index in [1.807, 2.05) is 26.0 Å². The number of nitrogens with zero attached hydrogens (tertiary/aromatic N) is 1. The lowest BCUT2D eigenvalue weighted by Crippen LogP contribution is -2.15. The molecule has 0 atom stereocenters. The minimum Gasteiger partial charge on any atom is -0.361 e. The number of allylic oxidation sites excluding steroid dienone is 1. The summed E-state index contributed by atoms with van der Waals surface area (Å²) in [5.74, 6) is 0.655. The minimum atomic E-state index is -3.44. The van der Waals surface area contributed by atoms with Crippen molar-refractivity contribution >= 4 is 20.8 Å². The van der Waals surface area contributed by atoms with Crippen LogP contribution in [0, 0.1) is 13.8 Å². The maximum atomic E-state index is 13.3. The van der Waals surface area contributed by atoms with E-state index in [4.69, 9.17) is 4.52 Å². The number of aromatic nitrogens is 1. The van der Waals surface area contributed by atoms with Crippen molar-refractivity contribution in [1.29, 1.82) is 0 Å². The van der Waals surface area contributed by atoms with Crippen LogP contribution in [0.4, 0.5) is 0 Å². The number of hydrogen-bond donors (Lipinski definition) is 0. The Morgan fingerprint density at radius 2 is 1.74 bits per heavy atom. The number of aryl methyl sites for hydroxylation is 3. The Hall–Kier alpha value is -2.92. The standard InChI is InChI=1S/C26H25NO3S/c1-17-20(18(2)30-27-17)10-6-16-31(28,29)26-11-5-9-22-24-13-12-19-7-3-4-8-21(19)23(24)14-15-25(22)26/h3-4,6-8,10-11,14-15H,5,9,12-13,16H2,1-2H3. The van der Waals surface area contributed by atoms with Gasteiger partial charge in [0.15, 0.2) is 9.84 Å². The molecule has 0 fully saturated rings.